The van der Waals surface area contributed by atoms with Gasteiger partial charge in [-0.05, 0) is 60.9 Å². The number of amides is 1. The summed E-state index contributed by atoms with van der Waals surface area (Å²) in [5.41, 5.74) is 4.58. The van der Waals surface area contributed by atoms with Crippen molar-refractivity contribution in [3.05, 3.63) is 65.2 Å². The fourth-order valence-electron chi connectivity index (χ4n) is 2.95. The van der Waals surface area contributed by atoms with Crippen molar-refractivity contribution in [3.63, 3.8) is 0 Å². The lowest BCUT2D eigenvalue weighted by molar-refractivity contribution is -0.117. The van der Waals surface area contributed by atoms with Crippen LogP contribution in [0.15, 0.2) is 48.5 Å². The summed E-state index contributed by atoms with van der Waals surface area (Å²) in [5, 5.41) is 3.03. The highest BCUT2D eigenvalue weighted by Crippen LogP contribution is 2.20. The summed E-state index contributed by atoms with van der Waals surface area (Å²) >= 11 is 0. The highest BCUT2D eigenvalue weighted by Gasteiger charge is 2.15. The van der Waals surface area contributed by atoms with E-state index in [9.17, 15) is 4.79 Å². The number of aryl methyl sites for hydroxylation is 1. The zero-order chi connectivity index (χ0) is 18.2. The van der Waals surface area contributed by atoms with Crippen molar-refractivity contribution in [3.8, 4) is 0 Å². The normalized spacial score (nSPS) is 12.2. The molecular weight excluding hydrogens is 306 g/mol. The van der Waals surface area contributed by atoms with E-state index in [0.717, 1.165) is 24.1 Å². The number of rotatable bonds is 8. The van der Waals surface area contributed by atoms with E-state index in [0.29, 0.717) is 5.92 Å². The number of carbonyl (C=O) groups is 1. The Morgan fingerprint density at radius 3 is 2.08 bits per heavy atom. The van der Waals surface area contributed by atoms with E-state index in [1.54, 1.807) is 0 Å². The molecule has 0 saturated carbocycles. The Balaban J connectivity index is 1.95. The molecule has 0 saturated heterocycles. The summed E-state index contributed by atoms with van der Waals surface area (Å²) in [4.78, 5) is 12.5. The van der Waals surface area contributed by atoms with Crippen molar-refractivity contribution >= 4 is 11.6 Å². The van der Waals surface area contributed by atoms with Crippen LogP contribution in [0.2, 0.25) is 0 Å². The fraction of sp³-hybridized carbons (Fsp3) is 0.435. The molecule has 2 heteroatoms. The van der Waals surface area contributed by atoms with Gasteiger partial charge in [0.05, 0.1) is 5.92 Å². The standard InChI is InChI=1S/C23H31NO/c1-5-6-7-19-10-14-22(15-11-19)24-23(25)18(4)21-12-8-20(9-13-21)16-17(2)3/h8-15,17-18H,5-7,16H2,1-4H3,(H,24,25)/t18-/m0/s1. The van der Waals surface area contributed by atoms with Crippen LogP contribution in [0.4, 0.5) is 5.69 Å². The van der Waals surface area contributed by atoms with E-state index in [4.69, 9.17) is 0 Å². The van der Waals surface area contributed by atoms with Crippen LogP contribution in [0, 0.1) is 5.92 Å². The Kier molecular flexibility index (Phi) is 7.24. The number of hydrogen-bond donors (Lipinski definition) is 1. The molecule has 0 unspecified atom stereocenters. The van der Waals surface area contributed by atoms with Gasteiger partial charge in [0.15, 0.2) is 0 Å². The molecule has 0 aliphatic rings. The maximum absolute atomic E-state index is 12.5. The molecule has 1 N–H and O–H groups in total. The third kappa shape index (κ3) is 6.04. The monoisotopic (exact) mass is 337 g/mol. The number of hydrogen-bond acceptors (Lipinski definition) is 1. The van der Waals surface area contributed by atoms with Crippen LogP contribution in [-0.4, -0.2) is 5.91 Å². The van der Waals surface area contributed by atoms with Gasteiger partial charge in [-0.2, -0.15) is 0 Å². The molecule has 0 radical (unpaired) electrons. The van der Waals surface area contributed by atoms with Crippen molar-refractivity contribution in [2.45, 2.75) is 59.3 Å². The summed E-state index contributed by atoms with van der Waals surface area (Å²) in [5.74, 6) is 0.526. The molecule has 0 bridgehead atoms. The van der Waals surface area contributed by atoms with Crippen LogP contribution in [-0.2, 0) is 17.6 Å². The van der Waals surface area contributed by atoms with Crippen LogP contribution in [0.5, 0.6) is 0 Å². The zero-order valence-corrected chi connectivity index (χ0v) is 16.0. The van der Waals surface area contributed by atoms with Gasteiger partial charge in [0.2, 0.25) is 5.91 Å². The third-order valence-electron chi connectivity index (χ3n) is 4.56. The molecule has 1 amide bonds. The minimum Gasteiger partial charge on any atom is -0.326 e. The van der Waals surface area contributed by atoms with E-state index >= 15 is 0 Å². The van der Waals surface area contributed by atoms with Crippen molar-refractivity contribution in [2.24, 2.45) is 5.92 Å². The Morgan fingerprint density at radius 1 is 0.920 bits per heavy atom. The molecule has 0 aromatic heterocycles. The van der Waals surface area contributed by atoms with Crippen LogP contribution >= 0.6 is 0 Å². The summed E-state index contributed by atoms with van der Waals surface area (Å²) in [6, 6.07) is 16.7. The molecule has 0 spiro atoms. The van der Waals surface area contributed by atoms with E-state index < -0.39 is 0 Å². The van der Waals surface area contributed by atoms with Gasteiger partial charge < -0.3 is 5.32 Å². The topological polar surface area (TPSA) is 29.1 Å². The first-order valence-corrected chi connectivity index (χ1v) is 9.48. The molecule has 0 heterocycles. The first kappa shape index (κ1) is 19.2. The summed E-state index contributed by atoms with van der Waals surface area (Å²) in [7, 11) is 0. The van der Waals surface area contributed by atoms with Gasteiger partial charge in [0.25, 0.3) is 0 Å². The SMILES string of the molecule is CCCCc1ccc(NC(=O)[C@@H](C)c2ccc(CC(C)C)cc2)cc1. The molecule has 1 atom stereocenters. The van der Waals surface area contributed by atoms with E-state index in [2.05, 4.69) is 62.5 Å². The number of benzene rings is 2. The van der Waals surface area contributed by atoms with Gasteiger partial charge in [0, 0.05) is 5.69 Å². The minimum absolute atomic E-state index is 0.0397. The van der Waals surface area contributed by atoms with Gasteiger partial charge in [-0.25, -0.2) is 0 Å². The third-order valence-corrected chi connectivity index (χ3v) is 4.56. The summed E-state index contributed by atoms with van der Waals surface area (Å²) in [6.07, 6.45) is 4.58. The average Bonchev–Trinajstić information content (AvgIpc) is 2.60. The van der Waals surface area contributed by atoms with Gasteiger partial charge in [0.1, 0.15) is 0 Å². The molecule has 0 aliphatic heterocycles. The van der Waals surface area contributed by atoms with Gasteiger partial charge in [-0.1, -0.05) is 63.6 Å². The predicted octanol–water partition coefficient (Wildman–Crippen LogP) is 5.97. The number of carbonyl (C=O) groups excluding carboxylic acids is 1. The zero-order valence-electron chi connectivity index (χ0n) is 16.0. The van der Waals surface area contributed by atoms with Crippen LogP contribution in [0.3, 0.4) is 0 Å². The highest BCUT2D eigenvalue weighted by atomic mass is 16.1. The Hall–Kier alpha value is -2.09. The van der Waals surface area contributed by atoms with Crippen molar-refractivity contribution in [1.82, 2.24) is 0 Å². The summed E-state index contributed by atoms with van der Waals surface area (Å²) < 4.78 is 0. The molecule has 0 fully saturated rings. The molecular formula is C23H31NO. The summed E-state index contributed by atoms with van der Waals surface area (Å²) in [6.45, 7) is 8.60. The highest BCUT2D eigenvalue weighted by molar-refractivity contribution is 5.95. The van der Waals surface area contributed by atoms with E-state index in [1.165, 1.54) is 24.0 Å². The number of anilines is 1. The Bertz CT molecular complexity index is 655. The lowest BCUT2D eigenvalue weighted by atomic mass is 9.96. The maximum Gasteiger partial charge on any atom is 0.231 e. The molecule has 2 aromatic rings. The van der Waals surface area contributed by atoms with Gasteiger partial charge in [-0.3, -0.25) is 4.79 Å². The molecule has 2 rings (SSSR count). The lowest BCUT2D eigenvalue weighted by Crippen LogP contribution is -2.18. The second-order valence-corrected chi connectivity index (χ2v) is 7.35. The molecule has 2 nitrogen and oxygen atoms in total. The van der Waals surface area contributed by atoms with E-state index in [1.807, 2.05) is 19.1 Å². The smallest absolute Gasteiger partial charge is 0.231 e. The number of nitrogens with one attached hydrogen (secondary N) is 1. The maximum atomic E-state index is 12.5. The number of unbranched alkanes of at least 4 members (excludes halogenated alkanes) is 1. The molecule has 2 aromatic carbocycles. The predicted molar refractivity (Wildman–Crippen MR) is 107 cm³/mol. The Labute approximate surface area is 152 Å². The molecule has 0 aliphatic carbocycles. The first-order chi connectivity index (χ1) is 12.0. The van der Waals surface area contributed by atoms with Crippen LogP contribution in [0.1, 0.15) is 63.1 Å². The first-order valence-electron chi connectivity index (χ1n) is 9.48. The molecule has 134 valence electrons. The van der Waals surface area contributed by atoms with Crippen LogP contribution < -0.4 is 5.32 Å². The quantitative estimate of drug-likeness (QED) is 0.631. The van der Waals surface area contributed by atoms with Crippen molar-refractivity contribution in [2.75, 3.05) is 5.32 Å². The minimum atomic E-state index is -0.159. The van der Waals surface area contributed by atoms with Gasteiger partial charge in [-0.15, -0.1) is 0 Å². The largest absolute Gasteiger partial charge is 0.326 e. The second kappa shape index (κ2) is 9.41. The lowest BCUT2D eigenvalue weighted by Gasteiger charge is -2.14. The molecule has 25 heavy (non-hydrogen) atoms. The van der Waals surface area contributed by atoms with Crippen molar-refractivity contribution in [1.29, 1.82) is 0 Å². The van der Waals surface area contributed by atoms with Crippen LogP contribution in [0.25, 0.3) is 0 Å². The van der Waals surface area contributed by atoms with Gasteiger partial charge >= 0.3 is 0 Å². The second-order valence-electron chi connectivity index (χ2n) is 7.35. The van der Waals surface area contributed by atoms with E-state index in [-0.39, 0.29) is 11.8 Å². The van der Waals surface area contributed by atoms with Crippen molar-refractivity contribution < 1.29 is 4.79 Å². The average molecular weight is 338 g/mol. The Morgan fingerprint density at radius 2 is 1.52 bits per heavy atom. The fourth-order valence-corrected chi connectivity index (χ4v) is 2.95.